The quantitative estimate of drug-likeness (QED) is 0.584. The Morgan fingerprint density at radius 2 is 1.03 bits per heavy atom. The van der Waals surface area contributed by atoms with Gasteiger partial charge in [-0.25, -0.2) is 0 Å². The second-order valence-corrected chi connectivity index (χ2v) is 12.0. The molecule has 0 spiro atoms. The van der Waals surface area contributed by atoms with Gasteiger partial charge in [-0.3, -0.25) is 0 Å². The van der Waals surface area contributed by atoms with Crippen LogP contribution >= 0.6 is 0 Å². The molecule has 4 aliphatic heterocycles. The van der Waals surface area contributed by atoms with E-state index in [0.29, 0.717) is 10.8 Å². The molecule has 6 atom stereocenters. The number of rotatable bonds is 8. The topological polar surface area (TPSA) is 59.4 Å². The molecule has 8 aliphatic rings. The van der Waals surface area contributed by atoms with Crippen LogP contribution in [-0.4, -0.2) is 62.0 Å². The lowest BCUT2D eigenvalue weighted by Crippen LogP contribution is -2.57. The van der Waals surface area contributed by atoms with Gasteiger partial charge in [0, 0.05) is 0 Å². The summed E-state index contributed by atoms with van der Waals surface area (Å²) in [7, 11) is 0. The minimum Gasteiger partial charge on any atom is -0.370 e. The zero-order chi connectivity index (χ0) is 18.9. The van der Waals surface area contributed by atoms with Gasteiger partial charge < -0.3 is 23.7 Å². The smallest absolute Gasteiger partial charge is 0.146 e. The molecule has 0 amide bonds. The normalized spacial score (nSPS) is 60.4. The summed E-state index contributed by atoms with van der Waals surface area (Å²) in [4.78, 5) is 0. The van der Waals surface area contributed by atoms with Crippen LogP contribution in [0.15, 0.2) is 0 Å². The molecule has 0 aromatic heterocycles. The van der Waals surface area contributed by atoms with Gasteiger partial charge in [0.25, 0.3) is 0 Å². The summed E-state index contributed by atoms with van der Waals surface area (Å²) in [5, 5.41) is 0. The zero-order valence-corrected chi connectivity index (χ0v) is 17.4. The van der Waals surface area contributed by atoms with Gasteiger partial charge in [-0.05, 0) is 86.9 Å². The van der Waals surface area contributed by atoms with Crippen molar-refractivity contribution in [2.24, 2.45) is 22.7 Å². The standard InChI is InChI=1S/C24H34O5/c1-5-21(6-2-15(1)9-21)19(23(13-27-23)17-11-25-17)29-20(24(14-28-24)18-12-26-18)22-7-3-16(10-22)4-8-22/h15-20H,1-14H2. The van der Waals surface area contributed by atoms with E-state index in [1.807, 2.05) is 0 Å². The van der Waals surface area contributed by atoms with Crippen LogP contribution in [0.25, 0.3) is 0 Å². The lowest BCUT2D eigenvalue weighted by Gasteiger charge is -2.47. The average Bonchev–Trinajstić information content (AvgIpc) is 3.57. The second kappa shape index (κ2) is 5.40. The maximum atomic E-state index is 7.51. The van der Waals surface area contributed by atoms with Gasteiger partial charge in [0.15, 0.2) is 0 Å². The van der Waals surface area contributed by atoms with Crippen molar-refractivity contribution in [2.45, 2.75) is 99.8 Å². The first-order valence-electron chi connectivity index (χ1n) is 12.3. The second-order valence-electron chi connectivity index (χ2n) is 12.0. The van der Waals surface area contributed by atoms with E-state index in [1.54, 1.807) is 0 Å². The molecule has 6 unspecified atom stereocenters. The van der Waals surface area contributed by atoms with Crippen molar-refractivity contribution < 1.29 is 23.7 Å². The molecule has 8 fully saturated rings. The van der Waals surface area contributed by atoms with Gasteiger partial charge in [-0.15, -0.1) is 0 Å². The third kappa shape index (κ3) is 2.29. The highest BCUT2D eigenvalue weighted by molar-refractivity contribution is 5.22. The Kier molecular flexibility index (Phi) is 3.23. The van der Waals surface area contributed by atoms with Gasteiger partial charge >= 0.3 is 0 Å². The fourth-order valence-electron chi connectivity index (χ4n) is 8.74. The molecule has 0 aromatic rings. The zero-order valence-electron chi connectivity index (χ0n) is 17.4. The van der Waals surface area contributed by atoms with Crippen LogP contribution in [0.4, 0.5) is 0 Å². The first kappa shape index (κ1) is 17.4. The molecule has 4 aliphatic carbocycles. The molecule has 0 N–H and O–H groups in total. The van der Waals surface area contributed by atoms with E-state index in [-0.39, 0.29) is 35.6 Å². The van der Waals surface area contributed by atoms with E-state index in [4.69, 9.17) is 23.7 Å². The third-order valence-corrected chi connectivity index (χ3v) is 10.6. The van der Waals surface area contributed by atoms with Gasteiger partial charge in [-0.2, -0.15) is 0 Å². The summed E-state index contributed by atoms with van der Waals surface area (Å²) in [6.45, 7) is 3.35. The van der Waals surface area contributed by atoms with Crippen LogP contribution in [-0.2, 0) is 23.7 Å². The Morgan fingerprint density at radius 3 is 1.28 bits per heavy atom. The predicted octanol–water partition coefficient (Wildman–Crippen LogP) is 3.24. The molecule has 4 heterocycles. The summed E-state index contributed by atoms with van der Waals surface area (Å²) in [6.07, 6.45) is 14.3. The Bertz CT molecular complexity index is 643. The minimum absolute atomic E-state index is 0.175. The largest absolute Gasteiger partial charge is 0.370 e. The summed E-state index contributed by atoms with van der Waals surface area (Å²) in [5.41, 5.74) is 0.259. The van der Waals surface area contributed by atoms with Gasteiger partial charge in [0.05, 0.1) is 38.6 Å². The van der Waals surface area contributed by atoms with E-state index in [1.165, 1.54) is 64.2 Å². The molecule has 4 bridgehead atoms. The Hall–Kier alpha value is -0.200. The maximum absolute atomic E-state index is 7.51. The molecule has 8 rings (SSSR count). The molecular weight excluding hydrogens is 368 g/mol. The molecule has 5 nitrogen and oxygen atoms in total. The van der Waals surface area contributed by atoms with E-state index in [2.05, 4.69) is 0 Å². The van der Waals surface area contributed by atoms with Crippen molar-refractivity contribution >= 4 is 0 Å². The fraction of sp³-hybridized carbons (Fsp3) is 1.00. The van der Waals surface area contributed by atoms with Crippen molar-refractivity contribution in [3.05, 3.63) is 0 Å². The molecule has 29 heavy (non-hydrogen) atoms. The highest BCUT2D eigenvalue weighted by Crippen LogP contribution is 2.66. The van der Waals surface area contributed by atoms with E-state index < -0.39 is 0 Å². The minimum atomic E-state index is -0.175. The Labute approximate surface area is 173 Å². The number of fused-ring (bicyclic) bond motifs is 4. The van der Waals surface area contributed by atoms with Crippen LogP contribution in [0.2, 0.25) is 0 Å². The molecule has 5 heteroatoms. The van der Waals surface area contributed by atoms with E-state index in [9.17, 15) is 0 Å². The Balaban J connectivity index is 1.19. The van der Waals surface area contributed by atoms with Crippen molar-refractivity contribution in [3.63, 3.8) is 0 Å². The summed E-state index contributed by atoms with van der Waals surface area (Å²) in [6, 6.07) is 0. The van der Waals surface area contributed by atoms with Crippen molar-refractivity contribution in [3.8, 4) is 0 Å². The number of hydrogen-bond acceptors (Lipinski definition) is 5. The summed E-state index contributed by atoms with van der Waals surface area (Å²) < 4.78 is 31.7. The van der Waals surface area contributed by atoms with Crippen molar-refractivity contribution in [2.75, 3.05) is 26.4 Å². The lowest BCUT2D eigenvalue weighted by molar-refractivity contribution is -0.183. The number of ether oxygens (including phenoxy) is 5. The van der Waals surface area contributed by atoms with Crippen LogP contribution < -0.4 is 0 Å². The van der Waals surface area contributed by atoms with Gasteiger partial charge in [0.2, 0.25) is 0 Å². The predicted molar refractivity (Wildman–Crippen MR) is 104 cm³/mol. The fourth-order valence-corrected chi connectivity index (χ4v) is 8.74. The third-order valence-electron chi connectivity index (χ3n) is 10.6. The van der Waals surface area contributed by atoms with Crippen LogP contribution in [0.3, 0.4) is 0 Å². The monoisotopic (exact) mass is 402 g/mol. The summed E-state index contributed by atoms with van der Waals surface area (Å²) in [5.74, 6) is 1.82. The Morgan fingerprint density at radius 1 is 0.655 bits per heavy atom. The van der Waals surface area contributed by atoms with E-state index in [0.717, 1.165) is 38.3 Å². The summed E-state index contributed by atoms with van der Waals surface area (Å²) >= 11 is 0. The average molecular weight is 403 g/mol. The first-order chi connectivity index (χ1) is 14.2. The van der Waals surface area contributed by atoms with Crippen LogP contribution in [0, 0.1) is 22.7 Å². The van der Waals surface area contributed by atoms with Crippen molar-refractivity contribution in [1.82, 2.24) is 0 Å². The lowest BCUT2D eigenvalue weighted by atomic mass is 9.70. The van der Waals surface area contributed by atoms with Crippen LogP contribution in [0.5, 0.6) is 0 Å². The number of hydrogen-bond donors (Lipinski definition) is 0. The molecule has 4 saturated heterocycles. The SMILES string of the molecule is C1CC2(C(OC(C34CCC(CC3)C4)C3(C4CO4)CO3)C3(C4CO4)CO3)CCC1C2. The van der Waals surface area contributed by atoms with E-state index >= 15 is 0 Å². The molecule has 0 aromatic carbocycles. The maximum Gasteiger partial charge on any atom is 0.146 e. The highest BCUT2D eigenvalue weighted by atomic mass is 16.7. The van der Waals surface area contributed by atoms with Crippen molar-refractivity contribution in [1.29, 1.82) is 0 Å². The molecule has 160 valence electrons. The molecule has 0 radical (unpaired) electrons. The molecule has 4 saturated carbocycles. The van der Waals surface area contributed by atoms with Gasteiger partial charge in [0.1, 0.15) is 23.4 Å². The van der Waals surface area contributed by atoms with Crippen LogP contribution in [0.1, 0.15) is 64.2 Å². The highest BCUT2D eigenvalue weighted by Gasteiger charge is 2.74. The first-order valence-corrected chi connectivity index (χ1v) is 12.3. The molecular formula is C24H34O5. The van der Waals surface area contributed by atoms with Gasteiger partial charge in [-0.1, -0.05) is 0 Å². The number of epoxide rings is 4.